The zero-order chi connectivity index (χ0) is 14.1. The van der Waals surface area contributed by atoms with Gasteiger partial charge in [-0.05, 0) is 31.0 Å². The highest BCUT2D eigenvalue weighted by Crippen LogP contribution is 2.29. The summed E-state index contributed by atoms with van der Waals surface area (Å²) >= 11 is 0. The molecule has 4 N–H and O–H groups in total. The summed E-state index contributed by atoms with van der Waals surface area (Å²) in [7, 11) is -3.90. The predicted octanol–water partition coefficient (Wildman–Crippen LogP) is 1.12. The molecule has 1 saturated carbocycles. The fourth-order valence-electron chi connectivity index (χ4n) is 2.22. The summed E-state index contributed by atoms with van der Waals surface area (Å²) in [5.74, 6) is -0.766. The Morgan fingerprint density at radius 1 is 1.32 bits per heavy atom. The molecule has 0 atom stereocenters. The van der Waals surface area contributed by atoms with Crippen LogP contribution in [0.3, 0.4) is 0 Å². The van der Waals surface area contributed by atoms with Crippen molar-refractivity contribution in [1.29, 1.82) is 0 Å². The van der Waals surface area contributed by atoms with Crippen LogP contribution >= 0.6 is 0 Å². The molecule has 0 spiro atoms. The molecule has 5 nitrogen and oxygen atoms in total. The van der Waals surface area contributed by atoms with Crippen LogP contribution in [0.2, 0.25) is 0 Å². The third-order valence-electron chi connectivity index (χ3n) is 3.35. The maximum atomic E-state index is 13.7. The molecule has 0 heterocycles. The molecule has 1 aromatic carbocycles. The quantitative estimate of drug-likeness (QED) is 0.868. The van der Waals surface area contributed by atoms with E-state index in [0.29, 0.717) is 0 Å². The van der Waals surface area contributed by atoms with Crippen LogP contribution in [0, 0.1) is 5.82 Å². The lowest BCUT2D eigenvalue weighted by atomic mass is 10.0. The molecule has 1 aliphatic rings. The van der Waals surface area contributed by atoms with Gasteiger partial charge >= 0.3 is 0 Å². The number of nitrogens with two attached hydrogens (primary N) is 2. The zero-order valence-electron chi connectivity index (χ0n) is 10.4. The third-order valence-corrected chi connectivity index (χ3v) is 4.26. The van der Waals surface area contributed by atoms with Crippen LogP contribution in [0.15, 0.2) is 23.1 Å². The Morgan fingerprint density at radius 2 is 1.95 bits per heavy atom. The summed E-state index contributed by atoms with van der Waals surface area (Å²) < 4.78 is 41.2. The molecule has 1 aliphatic carbocycles. The number of rotatable bonds is 4. The summed E-state index contributed by atoms with van der Waals surface area (Å²) in [4.78, 5) is -0.277. The van der Waals surface area contributed by atoms with Crippen LogP contribution in [0.5, 0.6) is 5.75 Å². The lowest BCUT2D eigenvalue weighted by Gasteiger charge is -2.23. The molecule has 0 aliphatic heterocycles. The Bertz CT molecular complexity index is 568. The van der Waals surface area contributed by atoms with E-state index in [1.54, 1.807) is 0 Å². The summed E-state index contributed by atoms with van der Waals surface area (Å²) in [6.45, 7) is 0.221. The van der Waals surface area contributed by atoms with E-state index in [9.17, 15) is 12.8 Å². The van der Waals surface area contributed by atoms with E-state index in [1.165, 1.54) is 12.1 Å². The van der Waals surface area contributed by atoms with Crippen molar-refractivity contribution in [3.63, 3.8) is 0 Å². The number of benzene rings is 1. The van der Waals surface area contributed by atoms with E-state index in [4.69, 9.17) is 15.6 Å². The monoisotopic (exact) mass is 288 g/mol. The molecule has 0 bridgehead atoms. The standard InChI is InChI=1S/C12H17FN2O3S/c13-10-7-9(19(15,16)17)3-4-11(10)18-8-12(14)5-1-2-6-12/h3-4,7H,1-2,5-6,8,14H2,(H2,15,16,17). The van der Waals surface area contributed by atoms with Crippen molar-refractivity contribution in [3.05, 3.63) is 24.0 Å². The fraction of sp³-hybridized carbons (Fsp3) is 0.500. The molecule has 7 heteroatoms. The van der Waals surface area contributed by atoms with Crippen molar-refractivity contribution in [3.8, 4) is 5.75 Å². The highest BCUT2D eigenvalue weighted by molar-refractivity contribution is 7.89. The second-order valence-electron chi connectivity index (χ2n) is 5.00. The van der Waals surface area contributed by atoms with Gasteiger partial charge in [-0.2, -0.15) is 0 Å². The molecule has 19 heavy (non-hydrogen) atoms. The van der Waals surface area contributed by atoms with Gasteiger partial charge in [0.1, 0.15) is 6.61 Å². The van der Waals surface area contributed by atoms with Crippen molar-refractivity contribution < 1.29 is 17.5 Å². The van der Waals surface area contributed by atoms with Gasteiger partial charge in [-0.3, -0.25) is 0 Å². The van der Waals surface area contributed by atoms with Crippen LogP contribution in [-0.2, 0) is 10.0 Å². The smallest absolute Gasteiger partial charge is 0.238 e. The van der Waals surface area contributed by atoms with E-state index in [-0.39, 0.29) is 17.3 Å². The highest BCUT2D eigenvalue weighted by Gasteiger charge is 2.30. The topological polar surface area (TPSA) is 95.4 Å². The average Bonchev–Trinajstić information content (AvgIpc) is 2.74. The first-order valence-corrected chi connectivity index (χ1v) is 7.59. The van der Waals surface area contributed by atoms with Gasteiger partial charge in [-0.15, -0.1) is 0 Å². The van der Waals surface area contributed by atoms with Crippen LogP contribution in [0.1, 0.15) is 25.7 Å². The summed E-state index contributed by atoms with van der Waals surface area (Å²) in [5.41, 5.74) is 5.68. The van der Waals surface area contributed by atoms with E-state index in [2.05, 4.69) is 0 Å². The summed E-state index contributed by atoms with van der Waals surface area (Å²) in [6.07, 6.45) is 3.80. The van der Waals surface area contributed by atoms with Crippen LogP contribution in [-0.4, -0.2) is 20.6 Å². The lowest BCUT2D eigenvalue weighted by molar-refractivity contribution is 0.212. The van der Waals surface area contributed by atoms with Gasteiger partial charge in [0.25, 0.3) is 0 Å². The van der Waals surface area contributed by atoms with E-state index in [1.807, 2.05) is 0 Å². The van der Waals surface area contributed by atoms with E-state index in [0.717, 1.165) is 31.7 Å². The minimum absolute atomic E-state index is 0.0101. The first-order chi connectivity index (χ1) is 8.80. The van der Waals surface area contributed by atoms with Gasteiger partial charge in [-0.1, -0.05) is 12.8 Å². The zero-order valence-corrected chi connectivity index (χ0v) is 11.2. The number of sulfonamides is 1. The number of hydrogen-bond donors (Lipinski definition) is 2. The van der Waals surface area contributed by atoms with Gasteiger partial charge in [0.15, 0.2) is 11.6 Å². The fourth-order valence-corrected chi connectivity index (χ4v) is 2.75. The minimum atomic E-state index is -3.90. The maximum Gasteiger partial charge on any atom is 0.238 e. The van der Waals surface area contributed by atoms with Gasteiger partial charge in [0.2, 0.25) is 10.0 Å². The number of ether oxygens (including phenoxy) is 1. The number of halogens is 1. The van der Waals surface area contributed by atoms with Gasteiger partial charge in [-0.25, -0.2) is 17.9 Å². The molecule has 106 valence electrons. The van der Waals surface area contributed by atoms with Gasteiger partial charge in [0.05, 0.1) is 10.4 Å². The molecular weight excluding hydrogens is 271 g/mol. The third kappa shape index (κ3) is 3.43. The SMILES string of the molecule is NC1(COc2ccc(S(N)(=O)=O)cc2F)CCCC1. The minimum Gasteiger partial charge on any atom is -0.489 e. The molecule has 0 aromatic heterocycles. The maximum absolute atomic E-state index is 13.7. The highest BCUT2D eigenvalue weighted by atomic mass is 32.2. The van der Waals surface area contributed by atoms with Crippen molar-refractivity contribution in [2.24, 2.45) is 10.9 Å². The summed E-state index contributed by atoms with van der Waals surface area (Å²) in [6, 6.07) is 3.32. The van der Waals surface area contributed by atoms with Crippen LogP contribution in [0.25, 0.3) is 0 Å². The van der Waals surface area contributed by atoms with Crippen molar-refractivity contribution >= 4 is 10.0 Å². The molecule has 1 fully saturated rings. The Hall–Kier alpha value is -1.18. The Balaban J connectivity index is 2.09. The average molecular weight is 288 g/mol. The normalized spacial score (nSPS) is 18.5. The van der Waals surface area contributed by atoms with Crippen molar-refractivity contribution in [2.75, 3.05) is 6.61 Å². The van der Waals surface area contributed by atoms with Gasteiger partial charge in [0, 0.05) is 0 Å². The predicted molar refractivity (Wildman–Crippen MR) is 68.7 cm³/mol. The van der Waals surface area contributed by atoms with Crippen LogP contribution in [0.4, 0.5) is 4.39 Å². The number of primary sulfonamides is 1. The van der Waals surface area contributed by atoms with Crippen molar-refractivity contribution in [2.45, 2.75) is 36.1 Å². The van der Waals surface area contributed by atoms with Crippen molar-refractivity contribution in [1.82, 2.24) is 0 Å². The van der Waals surface area contributed by atoms with E-state index < -0.39 is 21.4 Å². The number of hydrogen-bond acceptors (Lipinski definition) is 4. The van der Waals surface area contributed by atoms with E-state index >= 15 is 0 Å². The summed E-state index contributed by atoms with van der Waals surface area (Å²) in [5, 5.41) is 4.92. The van der Waals surface area contributed by atoms with Crippen LogP contribution < -0.4 is 15.6 Å². The second-order valence-corrected chi connectivity index (χ2v) is 6.56. The molecule has 0 radical (unpaired) electrons. The molecule has 2 rings (SSSR count). The Labute approximate surface area is 111 Å². The second kappa shape index (κ2) is 5.07. The molecule has 0 amide bonds. The molecule has 0 saturated heterocycles. The molecular formula is C12H17FN2O3S. The molecule has 1 aromatic rings. The largest absolute Gasteiger partial charge is 0.489 e. The Morgan fingerprint density at radius 3 is 2.47 bits per heavy atom. The van der Waals surface area contributed by atoms with Gasteiger partial charge < -0.3 is 10.5 Å². The lowest BCUT2D eigenvalue weighted by Crippen LogP contribution is -2.42. The first kappa shape index (κ1) is 14.2. The first-order valence-electron chi connectivity index (χ1n) is 6.04. The molecule has 0 unspecified atom stereocenters. The Kier molecular flexibility index (Phi) is 3.80.